The van der Waals surface area contributed by atoms with Crippen molar-refractivity contribution in [2.24, 2.45) is 0 Å². The standard InChI is InChI=1S/C18H15ClO4/c1-11-9-12(19)7-8-15(11)23-18(20)17-14(10-21-2)13-5-3-4-6-16(13)22-17/h3-9H,10H2,1-2H3. The minimum atomic E-state index is -0.557. The van der Waals surface area contributed by atoms with Crippen LogP contribution in [0.15, 0.2) is 46.9 Å². The first-order valence-electron chi connectivity index (χ1n) is 7.08. The molecule has 3 aromatic rings. The molecule has 0 unspecified atom stereocenters. The van der Waals surface area contributed by atoms with Gasteiger partial charge in [0.05, 0.1) is 6.61 Å². The second-order valence-electron chi connectivity index (χ2n) is 5.14. The number of fused-ring (bicyclic) bond motifs is 1. The van der Waals surface area contributed by atoms with Crippen LogP contribution in [0.4, 0.5) is 0 Å². The summed E-state index contributed by atoms with van der Waals surface area (Å²) in [7, 11) is 1.57. The van der Waals surface area contributed by atoms with Crippen LogP contribution in [0.2, 0.25) is 5.02 Å². The van der Waals surface area contributed by atoms with Gasteiger partial charge in [-0.2, -0.15) is 0 Å². The van der Waals surface area contributed by atoms with E-state index in [1.807, 2.05) is 25.1 Å². The molecule has 0 aliphatic carbocycles. The van der Waals surface area contributed by atoms with Crippen molar-refractivity contribution in [3.8, 4) is 5.75 Å². The zero-order valence-electron chi connectivity index (χ0n) is 12.8. The number of carbonyl (C=O) groups excluding carboxylic acids is 1. The van der Waals surface area contributed by atoms with Crippen LogP contribution in [0.1, 0.15) is 21.7 Å². The average Bonchev–Trinajstić information content (AvgIpc) is 2.90. The molecular formula is C18H15ClO4. The monoisotopic (exact) mass is 330 g/mol. The maximum Gasteiger partial charge on any atom is 0.380 e. The molecule has 0 fully saturated rings. The van der Waals surface area contributed by atoms with Gasteiger partial charge in [0.25, 0.3) is 0 Å². The molecule has 0 aliphatic rings. The Bertz CT molecular complexity index is 867. The van der Waals surface area contributed by atoms with Gasteiger partial charge in [0.15, 0.2) is 0 Å². The molecule has 2 aromatic carbocycles. The Balaban J connectivity index is 1.98. The number of para-hydroxylation sites is 1. The molecule has 23 heavy (non-hydrogen) atoms. The van der Waals surface area contributed by atoms with Gasteiger partial charge in [0, 0.05) is 23.1 Å². The Hall–Kier alpha value is -2.30. The predicted molar refractivity (Wildman–Crippen MR) is 88.1 cm³/mol. The van der Waals surface area contributed by atoms with Gasteiger partial charge in [-0.25, -0.2) is 4.79 Å². The van der Waals surface area contributed by atoms with E-state index in [2.05, 4.69) is 0 Å². The number of furan rings is 1. The number of hydrogen-bond acceptors (Lipinski definition) is 4. The molecule has 4 nitrogen and oxygen atoms in total. The molecule has 0 saturated heterocycles. The molecule has 1 heterocycles. The molecule has 1 aromatic heterocycles. The molecule has 0 N–H and O–H groups in total. The third kappa shape index (κ3) is 3.09. The van der Waals surface area contributed by atoms with Gasteiger partial charge in [-0.15, -0.1) is 0 Å². The van der Waals surface area contributed by atoms with Crippen molar-refractivity contribution in [2.75, 3.05) is 7.11 Å². The van der Waals surface area contributed by atoms with Crippen LogP contribution in [0.3, 0.4) is 0 Å². The first-order chi connectivity index (χ1) is 11.1. The van der Waals surface area contributed by atoms with Crippen LogP contribution in [0.25, 0.3) is 11.0 Å². The first kappa shape index (κ1) is 15.6. The van der Waals surface area contributed by atoms with E-state index in [0.29, 0.717) is 21.9 Å². The second-order valence-corrected chi connectivity index (χ2v) is 5.57. The fourth-order valence-corrected chi connectivity index (χ4v) is 2.65. The smallest absolute Gasteiger partial charge is 0.380 e. The highest BCUT2D eigenvalue weighted by molar-refractivity contribution is 6.30. The van der Waals surface area contributed by atoms with Crippen LogP contribution >= 0.6 is 11.6 Å². The van der Waals surface area contributed by atoms with Crippen LogP contribution < -0.4 is 4.74 Å². The predicted octanol–water partition coefficient (Wildman–Crippen LogP) is 4.76. The van der Waals surface area contributed by atoms with Crippen LogP contribution in [-0.2, 0) is 11.3 Å². The lowest BCUT2D eigenvalue weighted by atomic mass is 10.1. The zero-order chi connectivity index (χ0) is 16.4. The van der Waals surface area contributed by atoms with Crippen molar-refractivity contribution in [1.29, 1.82) is 0 Å². The number of hydrogen-bond donors (Lipinski definition) is 0. The molecule has 0 saturated carbocycles. The lowest BCUT2D eigenvalue weighted by Gasteiger charge is -2.07. The van der Waals surface area contributed by atoms with Crippen molar-refractivity contribution in [3.05, 3.63) is 64.4 Å². The Morgan fingerprint density at radius 1 is 1.22 bits per heavy atom. The Labute approximate surface area is 138 Å². The van der Waals surface area contributed by atoms with E-state index in [1.165, 1.54) is 0 Å². The summed E-state index contributed by atoms with van der Waals surface area (Å²) in [5.41, 5.74) is 2.08. The Morgan fingerprint density at radius 3 is 2.74 bits per heavy atom. The summed E-state index contributed by atoms with van der Waals surface area (Å²) in [4.78, 5) is 12.5. The second kappa shape index (κ2) is 6.44. The third-order valence-electron chi connectivity index (χ3n) is 3.51. The van der Waals surface area contributed by atoms with Gasteiger partial charge in [-0.1, -0.05) is 29.8 Å². The van der Waals surface area contributed by atoms with E-state index >= 15 is 0 Å². The summed E-state index contributed by atoms with van der Waals surface area (Å²) < 4.78 is 16.3. The summed E-state index contributed by atoms with van der Waals surface area (Å²) in [5, 5.41) is 1.43. The topological polar surface area (TPSA) is 48.7 Å². The fraction of sp³-hybridized carbons (Fsp3) is 0.167. The Kier molecular flexibility index (Phi) is 4.37. The molecule has 0 amide bonds. The quantitative estimate of drug-likeness (QED) is 0.511. The first-order valence-corrected chi connectivity index (χ1v) is 7.45. The summed E-state index contributed by atoms with van der Waals surface area (Å²) in [6.07, 6.45) is 0. The van der Waals surface area contributed by atoms with E-state index in [0.717, 1.165) is 10.9 Å². The highest BCUT2D eigenvalue weighted by Crippen LogP contribution is 2.29. The van der Waals surface area contributed by atoms with Gasteiger partial charge in [-0.05, 0) is 36.8 Å². The van der Waals surface area contributed by atoms with Gasteiger partial charge in [-0.3, -0.25) is 0 Å². The van der Waals surface area contributed by atoms with Gasteiger partial charge in [0.1, 0.15) is 11.3 Å². The Morgan fingerprint density at radius 2 is 2.00 bits per heavy atom. The van der Waals surface area contributed by atoms with Crippen LogP contribution in [-0.4, -0.2) is 13.1 Å². The zero-order valence-corrected chi connectivity index (χ0v) is 13.5. The summed E-state index contributed by atoms with van der Waals surface area (Å²) in [6, 6.07) is 12.5. The number of ether oxygens (including phenoxy) is 2. The minimum Gasteiger partial charge on any atom is -0.449 e. The van der Waals surface area contributed by atoms with Crippen molar-refractivity contribution >= 4 is 28.5 Å². The van der Waals surface area contributed by atoms with Gasteiger partial charge >= 0.3 is 5.97 Å². The van der Waals surface area contributed by atoms with Crippen molar-refractivity contribution in [2.45, 2.75) is 13.5 Å². The molecule has 0 spiro atoms. The maximum absolute atomic E-state index is 12.5. The van der Waals surface area contributed by atoms with E-state index in [4.69, 9.17) is 25.5 Å². The summed E-state index contributed by atoms with van der Waals surface area (Å²) in [6.45, 7) is 2.09. The maximum atomic E-state index is 12.5. The fourth-order valence-electron chi connectivity index (χ4n) is 2.42. The average molecular weight is 331 g/mol. The van der Waals surface area contributed by atoms with E-state index in [-0.39, 0.29) is 12.4 Å². The number of esters is 1. The molecule has 0 radical (unpaired) electrons. The van der Waals surface area contributed by atoms with Crippen LogP contribution in [0.5, 0.6) is 5.75 Å². The van der Waals surface area contributed by atoms with Crippen molar-refractivity contribution in [3.63, 3.8) is 0 Å². The number of methoxy groups -OCH3 is 1. The van der Waals surface area contributed by atoms with E-state index in [1.54, 1.807) is 31.4 Å². The van der Waals surface area contributed by atoms with Gasteiger partial charge in [0.2, 0.25) is 5.76 Å². The lowest BCUT2D eigenvalue weighted by Crippen LogP contribution is -2.11. The van der Waals surface area contributed by atoms with Crippen molar-refractivity contribution in [1.82, 2.24) is 0 Å². The molecule has 0 atom stereocenters. The molecule has 0 bridgehead atoms. The normalized spacial score (nSPS) is 10.9. The lowest BCUT2D eigenvalue weighted by molar-refractivity contribution is 0.0696. The highest BCUT2D eigenvalue weighted by atomic mass is 35.5. The highest BCUT2D eigenvalue weighted by Gasteiger charge is 2.22. The van der Waals surface area contributed by atoms with Crippen molar-refractivity contribution < 1.29 is 18.7 Å². The van der Waals surface area contributed by atoms with Crippen LogP contribution in [0, 0.1) is 6.92 Å². The number of rotatable bonds is 4. The summed E-state index contributed by atoms with van der Waals surface area (Å²) in [5.74, 6) is 0.0456. The molecule has 0 aliphatic heterocycles. The molecule has 3 rings (SSSR count). The van der Waals surface area contributed by atoms with Gasteiger partial charge < -0.3 is 13.9 Å². The number of benzene rings is 2. The number of aryl methyl sites for hydroxylation is 1. The molecule has 118 valence electrons. The molecule has 5 heteroatoms. The van der Waals surface area contributed by atoms with E-state index in [9.17, 15) is 4.79 Å². The molecular weight excluding hydrogens is 316 g/mol. The minimum absolute atomic E-state index is 0.155. The SMILES string of the molecule is COCc1c(C(=O)Oc2ccc(Cl)cc2C)oc2ccccc12. The number of halogens is 1. The number of carbonyl (C=O) groups is 1. The van der Waals surface area contributed by atoms with E-state index < -0.39 is 5.97 Å². The third-order valence-corrected chi connectivity index (χ3v) is 3.75. The summed E-state index contributed by atoms with van der Waals surface area (Å²) >= 11 is 5.91. The largest absolute Gasteiger partial charge is 0.449 e.